The van der Waals surface area contributed by atoms with Crippen LogP contribution in [0.25, 0.3) is 10.8 Å². The third kappa shape index (κ3) is 12.9. The van der Waals surface area contributed by atoms with Crippen molar-refractivity contribution in [3.63, 3.8) is 0 Å². The number of carboxylic acids is 1. The van der Waals surface area contributed by atoms with Crippen LogP contribution >= 0.6 is 0 Å². The van der Waals surface area contributed by atoms with Gasteiger partial charge in [0.1, 0.15) is 6.54 Å². The summed E-state index contributed by atoms with van der Waals surface area (Å²) in [7, 11) is 0. The highest BCUT2D eigenvalue weighted by Crippen LogP contribution is 2.27. The summed E-state index contributed by atoms with van der Waals surface area (Å²) in [4.78, 5) is 42.1. The van der Waals surface area contributed by atoms with E-state index in [9.17, 15) is 14.4 Å². The van der Waals surface area contributed by atoms with E-state index in [0.29, 0.717) is 12.2 Å². The summed E-state index contributed by atoms with van der Waals surface area (Å²) in [6.07, 6.45) is 20.4. The molecule has 1 aliphatic heterocycles. The number of aliphatic carboxylic acids is 1. The molecular weight excluding hydrogens is 554 g/mol. The quantitative estimate of drug-likeness (QED) is 0.139. The molecule has 1 saturated heterocycles. The molecule has 9 nitrogen and oxygen atoms in total. The number of carbonyl (C=O) groups is 2. The van der Waals surface area contributed by atoms with E-state index < -0.39 is 18.1 Å². The predicted octanol–water partition coefficient (Wildman–Crippen LogP) is 6.62. The zero-order chi connectivity index (χ0) is 32.0. The molecule has 0 spiro atoms. The Morgan fingerprint density at radius 3 is 2.18 bits per heavy atom. The molecule has 0 bridgehead atoms. The highest BCUT2D eigenvalue weighted by Gasteiger charge is 2.13. The zero-order valence-electron chi connectivity index (χ0n) is 26.8. The molecule has 0 atom stereocenters. The van der Waals surface area contributed by atoms with Crippen LogP contribution in [0.3, 0.4) is 0 Å². The molecule has 3 heterocycles. The third-order valence-electron chi connectivity index (χ3n) is 7.68. The normalized spacial score (nSPS) is 12.5. The molecule has 242 valence electrons. The van der Waals surface area contributed by atoms with Crippen LogP contribution in [-0.4, -0.2) is 53.2 Å². The SMILES string of the molecule is CC.NCCCCCCCCCCCN(C=O)c1ccc(=O)n(CC(=O)O)c1.c1ccc2c(N3CCCCC3)cncc2c1. The average molecular weight is 608 g/mol. The summed E-state index contributed by atoms with van der Waals surface area (Å²) in [6, 6.07) is 11.4. The van der Waals surface area contributed by atoms with E-state index in [1.807, 2.05) is 26.2 Å². The predicted molar refractivity (Wildman–Crippen MR) is 182 cm³/mol. The topological polar surface area (TPSA) is 122 Å². The Labute approximate surface area is 263 Å². The highest BCUT2D eigenvalue weighted by atomic mass is 16.4. The fourth-order valence-corrected chi connectivity index (χ4v) is 5.35. The highest BCUT2D eigenvalue weighted by molar-refractivity contribution is 5.93. The lowest BCUT2D eigenvalue weighted by Gasteiger charge is -2.29. The van der Waals surface area contributed by atoms with Crippen molar-refractivity contribution in [3.8, 4) is 0 Å². The molecule has 0 radical (unpaired) electrons. The van der Waals surface area contributed by atoms with Crippen molar-refractivity contribution < 1.29 is 14.7 Å². The fraction of sp³-hybridized carbons (Fsp3) is 0.543. The van der Waals surface area contributed by atoms with Gasteiger partial charge in [0.15, 0.2) is 0 Å². The van der Waals surface area contributed by atoms with E-state index in [0.717, 1.165) is 43.2 Å². The lowest BCUT2D eigenvalue weighted by molar-refractivity contribution is -0.137. The number of benzene rings is 1. The number of hydrogen-bond donors (Lipinski definition) is 2. The van der Waals surface area contributed by atoms with Crippen molar-refractivity contribution in [1.29, 1.82) is 0 Å². The summed E-state index contributed by atoms with van der Waals surface area (Å²) < 4.78 is 1.10. The number of piperidine rings is 1. The number of pyridine rings is 2. The van der Waals surface area contributed by atoms with E-state index in [1.165, 1.54) is 98.1 Å². The van der Waals surface area contributed by atoms with Crippen molar-refractivity contribution >= 4 is 34.5 Å². The van der Waals surface area contributed by atoms with Gasteiger partial charge in [-0.1, -0.05) is 83.1 Å². The average Bonchev–Trinajstić information content (AvgIpc) is 3.06. The zero-order valence-corrected chi connectivity index (χ0v) is 26.8. The molecule has 1 aliphatic rings. The standard InChI is InChI=1S/C19H31N3O4.C14H16N2.C2H6/c20-12-8-6-4-2-1-3-5-7-9-13-21(16-23)17-10-11-18(24)22(14-17)15-19(25)26;1-4-8-16(9-5-1)14-11-15-10-12-6-2-3-7-13(12)14;1-2/h10-11,14,16H,1-9,12-13,15,20H2,(H,25,26);2-3,6-7,10-11H,1,4-5,8-9H2;1-2H3. The Morgan fingerprint density at radius 1 is 0.909 bits per heavy atom. The number of aromatic nitrogens is 2. The smallest absolute Gasteiger partial charge is 0.323 e. The van der Waals surface area contributed by atoms with Gasteiger partial charge in [-0.3, -0.25) is 19.4 Å². The van der Waals surface area contributed by atoms with Crippen molar-refractivity contribution in [3.05, 3.63) is 65.3 Å². The van der Waals surface area contributed by atoms with E-state index in [1.54, 1.807) is 6.07 Å². The van der Waals surface area contributed by atoms with E-state index >= 15 is 0 Å². The maximum atomic E-state index is 11.6. The van der Waals surface area contributed by atoms with Gasteiger partial charge in [0.2, 0.25) is 6.41 Å². The Kier molecular flexibility index (Phi) is 18.1. The monoisotopic (exact) mass is 607 g/mol. The molecular formula is C35H53N5O4. The van der Waals surface area contributed by atoms with Crippen LogP contribution < -0.4 is 21.1 Å². The second-order valence-corrected chi connectivity index (χ2v) is 10.9. The second-order valence-electron chi connectivity index (χ2n) is 10.9. The van der Waals surface area contributed by atoms with E-state index in [4.69, 9.17) is 10.8 Å². The lowest BCUT2D eigenvalue weighted by atomic mass is 10.1. The fourth-order valence-electron chi connectivity index (χ4n) is 5.35. The molecule has 1 aromatic carbocycles. The van der Waals surface area contributed by atoms with E-state index in [2.05, 4.69) is 34.1 Å². The van der Waals surface area contributed by atoms with Gasteiger partial charge in [0.05, 0.1) is 17.6 Å². The van der Waals surface area contributed by atoms with Gasteiger partial charge in [0.25, 0.3) is 5.56 Å². The van der Waals surface area contributed by atoms with Crippen LogP contribution in [0, 0.1) is 0 Å². The molecule has 1 fully saturated rings. The van der Waals surface area contributed by atoms with Crippen LogP contribution in [0.2, 0.25) is 0 Å². The molecule has 3 aromatic rings. The first-order valence-corrected chi connectivity index (χ1v) is 16.5. The van der Waals surface area contributed by atoms with Crippen molar-refractivity contribution in [2.45, 2.75) is 97.4 Å². The van der Waals surface area contributed by atoms with Crippen molar-refractivity contribution in [2.75, 3.05) is 36.0 Å². The lowest BCUT2D eigenvalue weighted by Crippen LogP contribution is -2.29. The summed E-state index contributed by atoms with van der Waals surface area (Å²) in [6.45, 7) is 7.28. The Bertz CT molecular complexity index is 1280. The molecule has 2 aromatic heterocycles. The molecule has 44 heavy (non-hydrogen) atoms. The van der Waals surface area contributed by atoms with Crippen LogP contribution in [-0.2, 0) is 16.1 Å². The number of carboxylic acid groups (broad SMARTS) is 1. The molecule has 0 aliphatic carbocycles. The summed E-state index contributed by atoms with van der Waals surface area (Å²) in [5.74, 6) is -1.09. The van der Waals surface area contributed by atoms with Gasteiger partial charge in [-0.15, -0.1) is 0 Å². The number of hydrogen-bond acceptors (Lipinski definition) is 6. The van der Waals surface area contributed by atoms with Crippen LogP contribution in [0.5, 0.6) is 0 Å². The number of nitrogens with zero attached hydrogens (tertiary/aromatic N) is 4. The van der Waals surface area contributed by atoms with Gasteiger partial charge in [0, 0.05) is 48.9 Å². The second kappa shape index (κ2) is 21.9. The molecule has 4 rings (SSSR count). The Morgan fingerprint density at radius 2 is 1.55 bits per heavy atom. The van der Waals surface area contributed by atoms with Gasteiger partial charge in [-0.2, -0.15) is 0 Å². The first-order chi connectivity index (χ1) is 21.5. The molecule has 0 saturated carbocycles. The number of carbonyl (C=O) groups excluding carboxylic acids is 1. The van der Waals surface area contributed by atoms with Crippen molar-refractivity contribution in [1.82, 2.24) is 9.55 Å². The van der Waals surface area contributed by atoms with Gasteiger partial charge in [-0.25, -0.2) is 0 Å². The minimum atomic E-state index is -1.09. The Hall–Kier alpha value is -3.72. The van der Waals surface area contributed by atoms with Crippen LogP contribution in [0.15, 0.2) is 59.8 Å². The van der Waals surface area contributed by atoms with Crippen LogP contribution in [0.1, 0.15) is 90.9 Å². The minimum absolute atomic E-state index is 0.395. The first-order valence-electron chi connectivity index (χ1n) is 16.5. The molecule has 3 N–H and O–H groups in total. The third-order valence-corrected chi connectivity index (χ3v) is 7.68. The number of unbranched alkanes of at least 4 members (excludes halogenated alkanes) is 8. The maximum Gasteiger partial charge on any atom is 0.323 e. The molecule has 9 heteroatoms. The number of rotatable bonds is 16. The number of amides is 1. The summed E-state index contributed by atoms with van der Waals surface area (Å²) in [5, 5.41) is 11.4. The summed E-state index contributed by atoms with van der Waals surface area (Å²) in [5.41, 5.74) is 6.92. The minimum Gasteiger partial charge on any atom is -0.480 e. The maximum absolute atomic E-state index is 11.6. The largest absolute Gasteiger partial charge is 0.480 e. The number of anilines is 2. The number of nitrogens with two attached hydrogens (primary N) is 1. The van der Waals surface area contributed by atoms with Crippen molar-refractivity contribution in [2.24, 2.45) is 5.73 Å². The van der Waals surface area contributed by atoms with Crippen LogP contribution in [0.4, 0.5) is 11.4 Å². The first kappa shape index (κ1) is 36.5. The molecule has 0 unspecified atom stereocenters. The number of fused-ring (bicyclic) bond motifs is 1. The summed E-state index contributed by atoms with van der Waals surface area (Å²) >= 11 is 0. The van der Waals surface area contributed by atoms with E-state index in [-0.39, 0.29) is 0 Å². The molecule has 1 amide bonds. The Balaban J connectivity index is 0.000000317. The van der Waals surface area contributed by atoms with Gasteiger partial charge < -0.3 is 25.2 Å². The van der Waals surface area contributed by atoms with Gasteiger partial charge in [-0.05, 0) is 44.7 Å². The van der Waals surface area contributed by atoms with Gasteiger partial charge >= 0.3 is 5.97 Å².